The Hall–Kier alpha value is -1.76. The van der Waals surface area contributed by atoms with E-state index in [1.54, 1.807) is 14.8 Å². The average Bonchev–Trinajstić information content (AvgIpc) is 3.12. The Morgan fingerprint density at radius 1 is 1.04 bits per heavy atom. The lowest BCUT2D eigenvalue weighted by Gasteiger charge is -2.27. The maximum absolute atomic E-state index is 13.1. The summed E-state index contributed by atoms with van der Waals surface area (Å²) in [5.41, 5.74) is 2.88. The highest BCUT2D eigenvalue weighted by Crippen LogP contribution is 2.21. The molecular weight excluding hydrogens is 322 g/mol. The second-order valence-electron chi connectivity index (χ2n) is 6.13. The van der Waals surface area contributed by atoms with Crippen LogP contribution in [-0.4, -0.2) is 35.1 Å². The highest BCUT2D eigenvalue weighted by molar-refractivity contribution is 7.86. The largest absolute Gasteiger partial charge is 0.282 e. The van der Waals surface area contributed by atoms with E-state index >= 15 is 0 Å². The monoisotopic (exact) mass is 345 g/mol. The second-order valence-corrected chi connectivity index (χ2v) is 8.06. The van der Waals surface area contributed by atoms with Gasteiger partial charge < -0.3 is 0 Å². The van der Waals surface area contributed by atoms with E-state index in [2.05, 4.69) is 4.98 Å². The number of pyridine rings is 1. The van der Waals surface area contributed by atoms with E-state index in [4.69, 9.17) is 0 Å². The fourth-order valence-electron chi connectivity index (χ4n) is 2.95. The molecule has 0 amide bonds. The fourth-order valence-corrected chi connectivity index (χ4v) is 4.59. The van der Waals surface area contributed by atoms with Crippen molar-refractivity contribution in [2.24, 2.45) is 0 Å². The van der Waals surface area contributed by atoms with Crippen LogP contribution in [0.1, 0.15) is 29.7 Å². The van der Waals surface area contributed by atoms with Gasteiger partial charge in [-0.25, -0.2) is 0 Å². The molecule has 0 atom stereocenters. The quantitative estimate of drug-likeness (QED) is 0.809. The van der Waals surface area contributed by atoms with Gasteiger partial charge in [0.05, 0.1) is 12.2 Å². The summed E-state index contributed by atoms with van der Waals surface area (Å²) >= 11 is 0. The van der Waals surface area contributed by atoms with E-state index < -0.39 is 10.2 Å². The van der Waals surface area contributed by atoms with Crippen LogP contribution in [0.3, 0.4) is 0 Å². The number of rotatable bonds is 6. The molecule has 0 aliphatic carbocycles. The molecule has 1 fully saturated rings. The molecule has 0 saturated carbocycles. The van der Waals surface area contributed by atoms with Crippen LogP contribution in [0, 0.1) is 6.92 Å². The first kappa shape index (κ1) is 17.1. The Kier molecular flexibility index (Phi) is 5.28. The van der Waals surface area contributed by atoms with Gasteiger partial charge in [-0.05, 0) is 43.0 Å². The molecule has 0 N–H and O–H groups in total. The number of aromatic nitrogens is 1. The SMILES string of the molecule is Cc1ccccc1CN(Cc1ccccn1)S(=O)(=O)N1CCCC1. The molecule has 0 radical (unpaired) electrons. The molecule has 1 saturated heterocycles. The Morgan fingerprint density at radius 3 is 2.42 bits per heavy atom. The third-order valence-corrected chi connectivity index (χ3v) is 6.32. The van der Waals surface area contributed by atoms with Crippen LogP contribution in [0.25, 0.3) is 0 Å². The first-order chi connectivity index (χ1) is 11.6. The minimum Gasteiger partial charge on any atom is -0.260 e. The third kappa shape index (κ3) is 3.83. The number of hydrogen-bond donors (Lipinski definition) is 0. The molecular formula is C18H23N3O2S. The zero-order valence-electron chi connectivity index (χ0n) is 13.9. The van der Waals surface area contributed by atoms with Crippen molar-refractivity contribution in [2.45, 2.75) is 32.9 Å². The van der Waals surface area contributed by atoms with Crippen molar-refractivity contribution in [3.8, 4) is 0 Å². The molecule has 1 aliphatic rings. The van der Waals surface area contributed by atoms with Crippen molar-refractivity contribution in [2.75, 3.05) is 13.1 Å². The minimum absolute atomic E-state index is 0.286. The average molecular weight is 345 g/mol. The Morgan fingerprint density at radius 2 is 1.75 bits per heavy atom. The van der Waals surface area contributed by atoms with Crippen LogP contribution in [0.5, 0.6) is 0 Å². The zero-order chi connectivity index (χ0) is 17.0. The summed E-state index contributed by atoms with van der Waals surface area (Å²) < 4.78 is 29.3. The van der Waals surface area contributed by atoms with Crippen LogP contribution in [0.2, 0.25) is 0 Å². The maximum atomic E-state index is 13.1. The predicted octanol–water partition coefficient (Wildman–Crippen LogP) is 2.73. The number of benzene rings is 1. The van der Waals surface area contributed by atoms with Gasteiger partial charge in [-0.15, -0.1) is 0 Å². The summed E-state index contributed by atoms with van der Waals surface area (Å²) in [7, 11) is -3.49. The summed E-state index contributed by atoms with van der Waals surface area (Å²) in [6.45, 7) is 3.87. The summed E-state index contributed by atoms with van der Waals surface area (Å²) in [5, 5.41) is 0. The molecule has 6 heteroatoms. The molecule has 1 aromatic heterocycles. The molecule has 0 spiro atoms. The van der Waals surface area contributed by atoms with Crippen molar-refractivity contribution in [1.82, 2.24) is 13.6 Å². The summed E-state index contributed by atoms with van der Waals surface area (Å²) in [6, 6.07) is 13.5. The lowest BCUT2D eigenvalue weighted by Crippen LogP contribution is -2.42. The molecule has 3 rings (SSSR count). The predicted molar refractivity (Wildman–Crippen MR) is 94.4 cm³/mol. The van der Waals surface area contributed by atoms with E-state index in [0.717, 1.165) is 29.7 Å². The molecule has 0 unspecified atom stereocenters. The van der Waals surface area contributed by atoms with Crippen LogP contribution in [0.15, 0.2) is 48.7 Å². The van der Waals surface area contributed by atoms with Gasteiger partial charge in [0.1, 0.15) is 0 Å². The number of aryl methyl sites for hydroxylation is 1. The lowest BCUT2D eigenvalue weighted by molar-refractivity contribution is 0.347. The van der Waals surface area contributed by atoms with Crippen molar-refractivity contribution in [1.29, 1.82) is 0 Å². The lowest BCUT2D eigenvalue weighted by atomic mass is 10.1. The molecule has 5 nitrogen and oxygen atoms in total. The molecule has 1 aliphatic heterocycles. The normalized spacial score (nSPS) is 15.9. The standard InChI is InChI=1S/C18H23N3O2S/c1-16-8-2-3-9-17(16)14-21(15-18-10-4-5-11-19-18)24(22,23)20-12-6-7-13-20/h2-5,8-11H,6-7,12-15H2,1H3. The van der Waals surface area contributed by atoms with E-state index in [-0.39, 0.29) is 6.54 Å². The van der Waals surface area contributed by atoms with Crippen LogP contribution >= 0.6 is 0 Å². The van der Waals surface area contributed by atoms with E-state index in [1.165, 1.54) is 0 Å². The minimum atomic E-state index is -3.49. The van der Waals surface area contributed by atoms with Crippen LogP contribution < -0.4 is 0 Å². The van der Waals surface area contributed by atoms with Gasteiger partial charge >= 0.3 is 0 Å². The van der Waals surface area contributed by atoms with E-state index in [9.17, 15) is 8.42 Å². The molecule has 128 valence electrons. The topological polar surface area (TPSA) is 53.5 Å². The zero-order valence-corrected chi connectivity index (χ0v) is 14.7. The van der Waals surface area contributed by atoms with Gasteiger partial charge in [-0.2, -0.15) is 17.0 Å². The van der Waals surface area contributed by atoms with Crippen molar-refractivity contribution in [3.63, 3.8) is 0 Å². The summed E-state index contributed by atoms with van der Waals surface area (Å²) in [5.74, 6) is 0. The third-order valence-electron chi connectivity index (χ3n) is 4.39. The van der Waals surface area contributed by atoms with Crippen molar-refractivity contribution >= 4 is 10.2 Å². The fraction of sp³-hybridized carbons (Fsp3) is 0.389. The van der Waals surface area contributed by atoms with Gasteiger partial charge in [-0.1, -0.05) is 30.3 Å². The Labute approximate surface area is 144 Å². The maximum Gasteiger partial charge on any atom is 0.282 e. The highest BCUT2D eigenvalue weighted by Gasteiger charge is 2.32. The highest BCUT2D eigenvalue weighted by atomic mass is 32.2. The van der Waals surface area contributed by atoms with E-state index in [0.29, 0.717) is 19.6 Å². The van der Waals surface area contributed by atoms with Crippen molar-refractivity contribution < 1.29 is 8.42 Å². The first-order valence-corrected chi connectivity index (χ1v) is 9.67. The smallest absolute Gasteiger partial charge is 0.260 e. The van der Waals surface area contributed by atoms with Gasteiger partial charge in [0, 0.05) is 25.8 Å². The Balaban J connectivity index is 1.90. The van der Waals surface area contributed by atoms with Gasteiger partial charge in [-0.3, -0.25) is 4.98 Å². The Bertz CT molecular complexity index is 772. The van der Waals surface area contributed by atoms with Crippen molar-refractivity contribution in [3.05, 3.63) is 65.5 Å². The molecule has 24 heavy (non-hydrogen) atoms. The summed E-state index contributed by atoms with van der Waals surface area (Å²) in [6.07, 6.45) is 3.56. The second kappa shape index (κ2) is 7.42. The number of nitrogens with zero attached hydrogens (tertiary/aromatic N) is 3. The molecule has 2 aromatic rings. The summed E-state index contributed by atoms with van der Waals surface area (Å²) in [4.78, 5) is 4.30. The first-order valence-electron chi connectivity index (χ1n) is 8.27. The van der Waals surface area contributed by atoms with E-state index in [1.807, 2.05) is 49.4 Å². The van der Waals surface area contributed by atoms with Gasteiger partial charge in [0.25, 0.3) is 10.2 Å². The van der Waals surface area contributed by atoms with Crippen LogP contribution in [-0.2, 0) is 23.3 Å². The van der Waals surface area contributed by atoms with Gasteiger partial charge in [0.2, 0.25) is 0 Å². The van der Waals surface area contributed by atoms with Gasteiger partial charge in [0.15, 0.2) is 0 Å². The molecule has 0 bridgehead atoms. The van der Waals surface area contributed by atoms with Crippen LogP contribution in [0.4, 0.5) is 0 Å². The molecule has 1 aromatic carbocycles. The molecule has 2 heterocycles. The number of hydrogen-bond acceptors (Lipinski definition) is 3.